The summed E-state index contributed by atoms with van der Waals surface area (Å²) >= 11 is 3.40. The molecule has 6 heteroatoms. The number of piperazine rings is 1. The Morgan fingerprint density at radius 2 is 2.00 bits per heavy atom. The van der Waals surface area contributed by atoms with E-state index in [1.807, 2.05) is 42.2 Å². The van der Waals surface area contributed by atoms with Gasteiger partial charge in [0, 0.05) is 42.3 Å². The number of aromatic nitrogens is 1. The molecule has 1 aromatic heterocycles. The number of anilines is 1. The molecule has 0 saturated carbocycles. The number of nitrogens with zero attached hydrogens (tertiary/aromatic N) is 3. The average molecular weight is 350 g/mol. The lowest BCUT2D eigenvalue weighted by Crippen LogP contribution is -2.48. The maximum atomic E-state index is 12.5. The van der Waals surface area contributed by atoms with Crippen molar-refractivity contribution in [3.05, 3.63) is 46.1 Å². The highest BCUT2D eigenvalue weighted by Crippen LogP contribution is 2.18. The number of hydrogen-bond acceptors (Lipinski definition) is 4. The number of rotatable bonds is 2. The van der Waals surface area contributed by atoms with E-state index in [2.05, 4.69) is 26.0 Å². The van der Waals surface area contributed by atoms with Gasteiger partial charge in [0.05, 0.1) is 0 Å². The smallest absolute Gasteiger partial charge is 0.254 e. The van der Waals surface area contributed by atoms with Crippen molar-refractivity contribution in [2.75, 3.05) is 31.1 Å². The van der Waals surface area contributed by atoms with Gasteiger partial charge in [-0.05, 0) is 25.1 Å². The number of hydrogen-bond donors (Lipinski definition) is 0. The van der Waals surface area contributed by atoms with Crippen molar-refractivity contribution in [1.29, 1.82) is 0 Å². The van der Waals surface area contributed by atoms with Gasteiger partial charge in [0.1, 0.15) is 5.76 Å². The van der Waals surface area contributed by atoms with Crippen LogP contribution in [0.5, 0.6) is 0 Å². The third kappa shape index (κ3) is 3.10. The zero-order valence-corrected chi connectivity index (χ0v) is 13.3. The van der Waals surface area contributed by atoms with Gasteiger partial charge in [0.15, 0.2) is 5.82 Å². The highest BCUT2D eigenvalue weighted by atomic mass is 79.9. The zero-order chi connectivity index (χ0) is 14.8. The molecule has 0 radical (unpaired) electrons. The largest absolute Gasteiger partial charge is 0.360 e. The molecule has 1 aliphatic rings. The van der Waals surface area contributed by atoms with Crippen LogP contribution in [0.3, 0.4) is 0 Å². The van der Waals surface area contributed by atoms with Gasteiger partial charge in [-0.15, -0.1) is 0 Å². The lowest BCUT2D eigenvalue weighted by molar-refractivity contribution is 0.0746. The van der Waals surface area contributed by atoms with E-state index in [1.165, 1.54) is 0 Å². The number of aryl methyl sites for hydroxylation is 1. The molecule has 21 heavy (non-hydrogen) atoms. The summed E-state index contributed by atoms with van der Waals surface area (Å²) in [7, 11) is 0. The minimum atomic E-state index is 0.0762. The molecule has 0 atom stereocenters. The molecule has 1 aliphatic heterocycles. The minimum absolute atomic E-state index is 0.0762. The number of amides is 1. The van der Waals surface area contributed by atoms with Crippen LogP contribution in [0.15, 0.2) is 39.3 Å². The predicted molar refractivity (Wildman–Crippen MR) is 83.5 cm³/mol. The Bertz CT molecular complexity index is 648. The first-order chi connectivity index (χ1) is 10.1. The lowest BCUT2D eigenvalue weighted by atomic mass is 10.2. The van der Waals surface area contributed by atoms with Gasteiger partial charge in [-0.2, -0.15) is 0 Å². The molecule has 0 bridgehead atoms. The van der Waals surface area contributed by atoms with Crippen LogP contribution >= 0.6 is 15.9 Å². The Hall–Kier alpha value is -1.82. The summed E-state index contributed by atoms with van der Waals surface area (Å²) in [6.07, 6.45) is 0. The van der Waals surface area contributed by atoms with E-state index in [4.69, 9.17) is 4.52 Å². The molecule has 2 heterocycles. The van der Waals surface area contributed by atoms with Crippen molar-refractivity contribution in [1.82, 2.24) is 10.1 Å². The van der Waals surface area contributed by atoms with Crippen LogP contribution in [0.2, 0.25) is 0 Å². The van der Waals surface area contributed by atoms with E-state index in [9.17, 15) is 4.79 Å². The van der Waals surface area contributed by atoms with Crippen LogP contribution in [-0.4, -0.2) is 42.1 Å². The maximum absolute atomic E-state index is 12.5. The van der Waals surface area contributed by atoms with Crippen LogP contribution in [0, 0.1) is 6.92 Å². The van der Waals surface area contributed by atoms with Gasteiger partial charge in [0.2, 0.25) is 0 Å². The van der Waals surface area contributed by atoms with Crippen molar-refractivity contribution in [3.63, 3.8) is 0 Å². The van der Waals surface area contributed by atoms with Gasteiger partial charge < -0.3 is 14.3 Å². The molecule has 1 saturated heterocycles. The zero-order valence-electron chi connectivity index (χ0n) is 11.8. The van der Waals surface area contributed by atoms with E-state index >= 15 is 0 Å². The lowest BCUT2D eigenvalue weighted by Gasteiger charge is -2.34. The van der Waals surface area contributed by atoms with Crippen LogP contribution in [0.4, 0.5) is 5.82 Å². The van der Waals surface area contributed by atoms with E-state index in [-0.39, 0.29) is 5.91 Å². The molecule has 110 valence electrons. The van der Waals surface area contributed by atoms with Gasteiger partial charge in [-0.25, -0.2) is 0 Å². The number of carbonyl (C=O) groups excluding carboxylic acids is 1. The first-order valence-corrected chi connectivity index (χ1v) is 7.66. The molecule has 2 aromatic rings. The molecule has 1 fully saturated rings. The van der Waals surface area contributed by atoms with Crippen molar-refractivity contribution in [3.8, 4) is 0 Å². The molecule has 0 unspecified atom stereocenters. The fourth-order valence-corrected chi connectivity index (χ4v) is 2.84. The first-order valence-electron chi connectivity index (χ1n) is 6.86. The minimum Gasteiger partial charge on any atom is -0.360 e. The SMILES string of the molecule is Cc1cc(N2CCN(C(=O)c3cccc(Br)c3)CC2)no1. The Morgan fingerprint density at radius 3 is 2.62 bits per heavy atom. The second kappa shape index (κ2) is 5.89. The fourth-order valence-electron chi connectivity index (χ4n) is 2.45. The highest BCUT2D eigenvalue weighted by Gasteiger charge is 2.23. The summed E-state index contributed by atoms with van der Waals surface area (Å²) in [6, 6.07) is 9.43. The van der Waals surface area contributed by atoms with Gasteiger partial charge in [0.25, 0.3) is 5.91 Å². The predicted octanol–water partition coefficient (Wildman–Crippen LogP) is 2.71. The number of carbonyl (C=O) groups is 1. The topological polar surface area (TPSA) is 49.6 Å². The molecule has 3 rings (SSSR count). The Morgan fingerprint density at radius 1 is 1.24 bits per heavy atom. The molecule has 1 aromatic carbocycles. The summed E-state index contributed by atoms with van der Waals surface area (Å²) in [5, 5.41) is 4.02. The number of halogens is 1. The monoisotopic (exact) mass is 349 g/mol. The fraction of sp³-hybridized carbons (Fsp3) is 0.333. The summed E-state index contributed by atoms with van der Waals surface area (Å²) in [6.45, 7) is 4.80. The van der Waals surface area contributed by atoms with Crippen LogP contribution in [0.25, 0.3) is 0 Å². The summed E-state index contributed by atoms with van der Waals surface area (Å²) in [4.78, 5) is 16.5. The summed E-state index contributed by atoms with van der Waals surface area (Å²) in [5.74, 6) is 1.73. The average Bonchev–Trinajstić information content (AvgIpc) is 2.93. The second-order valence-electron chi connectivity index (χ2n) is 5.09. The molecular formula is C15H16BrN3O2. The number of benzene rings is 1. The van der Waals surface area contributed by atoms with Gasteiger partial charge >= 0.3 is 0 Å². The third-order valence-electron chi connectivity index (χ3n) is 3.58. The summed E-state index contributed by atoms with van der Waals surface area (Å²) < 4.78 is 6.02. The molecule has 0 N–H and O–H groups in total. The Labute approximate surface area is 131 Å². The van der Waals surface area contributed by atoms with Crippen molar-refractivity contribution < 1.29 is 9.32 Å². The molecule has 0 aliphatic carbocycles. The molecular weight excluding hydrogens is 334 g/mol. The van der Waals surface area contributed by atoms with Crippen molar-refractivity contribution >= 4 is 27.7 Å². The molecule has 5 nitrogen and oxygen atoms in total. The van der Waals surface area contributed by atoms with Gasteiger partial charge in [-0.1, -0.05) is 27.2 Å². The van der Waals surface area contributed by atoms with E-state index in [1.54, 1.807) is 0 Å². The van der Waals surface area contributed by atoms with Crippen molar-refractivity contribution in [2.24, 2.45) is 0 Å². The van der Waals surface area contributed by atoms with Gasteiger partial charge in [-0.3, -0.25) is 4.79 Å². The third-order valence-corrected chi connectivity index (χ3v) is 4.07. The van der Waals surface area contributed by atoms with E-state index in [0.717, 1.165) is 34.7 Å². The highest BCUT2D eigenvalue weighted by molar-refractivity contribution is 9.10. The Balaban J connectivity index is 1.64. The summed E-state index contributed by atoms with van der Waals surface area (Å²) in [5.41, 5.74) is 0.718. The van der Waals surface area contributed by atoms with E-state index < -0.39 is 0 Å². The van der Waals surface area contributed by atoms with E-state index in [0.29, 0.717) is 13.1 Å². The normalized spacial score (nSPS) is 15.3. The first kappa shape index (κ1) is 14.1. The second-order valence-corrected chi connectivity index (χ2v) is 6.00. The van der Waals surface area contributed by atoms with Crippen LogP contribution < -0.4 is 4.90 Å². The maximum Gasteiger partial charge on any atom is 0.254 e. The van der Waals surface area contributed by atoms with Crippen LogP contribution in [0.1, 0.15) is 16.1 Å². The molecule has 1 amide bonds. The van der Waals surface area contributed by atoms with Crippen molar-refractivity contribution in [2.45, 2.75) is 6.92 Å². The van der Waals surface area contributed by atoms with Crippen LogP contribution in [-0.2, 0) is 0 Å². The molecule has 0 spiro atoms. The Kier molecular flexibility index (Phi) is 3.96. The quantitative estimate of drug-likeness (QED) is 0.836. The standard InChI is InChI=1S/C15H16BrN3O2/c1-11-9-14(17-21-11)18-5-7-19(8-6-18)15(20)12-3-2-4-13(16)10-12/h2-4,9-10H,5-8H2,1H3.